The Kier molecular flexibility index (Phi) is 2.51. The number of carbonyl (C=O) groups is 1. The van der Waals surface area contributed by atoms with Crippen LogP contribution < -0.4 is 5.69 Å². The number of aromatic carboxylic acids is 1. The lowest BCUT2D eigenvalue weighted by molar-refractivity contribution is 0.0696. The lowest BCUT2D eigenvalue weighted by atomic mass is 10.2. The van der Waals surface area contributed by atoms with Gasteiger partial charge in [0.15, 0.2) is 5.76 Å². The number of nitrogens with zero attached hydrogens (tertiary/aromatic N) is 2. The van der Waals surface area contributed by atoms with Crippen LogP contribution in [0.5, 0.6) is 0 Å². The number of hydrogen-bond acceptors (Lipinski definition) is 4. The largest absolute Gasteiger partial charge is 0.478 e. The Morgan fingerprint density at radius 2 is 2.21 bits per heavy atom. The SMILES string of the molecule is Cc1ccc(-c2nc(=O)n(C3CC3)cc2C(=O)O)o1. The fraction of sp³-hybridized carbons (Fsp3) is 0.308. The second kappa shape index (κ2) is 4.08. The first-order valence-corrected chi connectivity index (χ1v) is 5.99. The minimum absolute atomic E-state index is 0.0131. The summed E-state index contributed by atoms with van der Waals surface area (Å²) in [6.45, 7) is 1.75. The average Bonchev–Trinajstić information content (AvgIpc) is 3.10. The van der Waals surface area contributed by atoms with Crippen molar-refractivity contribution < 1.29 is 14.3 Å². The van der Waals surface area contributed by atoms with Crippen LogP contribution in [-0.2, 0) is 0 Å². The summed E-state index contributed by atoms with van der Waals surface area (Å²) in [6, 6.07) is 3.41. The molecule has 0 radical (unpaired) electrons. The molecule has 0 bridgehead atoms. The van der Waals surface area contributed by atoms with E-state index >= 15 is 0 Å². The smallest absolute Gasteiger partial charge is 0.348 e. The van der Waals surface area contributed by atoms with Gasteiger partial charge < -0.3 is 9.52 Å². The van der Waals surface area contributed by atoms with Crippen molar-refractivity contribution >= 4 is 5.97 Å². The normalized spacial score (nSPS) is 14.6. The number of hydrogen-bond donors (Lipinski definition) is 1. The fourth-order valence-electron chi connectivity index (χ4n) is 1.99. The first-order chi connectivity index (χ1) is 9.06. The lowest BCUT2D eigenvalue weighted by Crippen LogP contribution is -2.24. The number of aromatic nitrogens is 2. The van der Waals surface area contributed by atoms with E-state index in [2.05, 4.69) is 4.98 Å². The van der Waals surface area contributed by atoms with Crippen LogP contribution in [0, 0.1) is 6.92 Å². The zero-order chi connectivity index (χ0) is 13.6. The van der Waals surface area contributed by atoms with Gasteiger partial charge >= 0.3 is 11.7 Å². The van der Waals surface area contributed by atoms with Gasteiger partial charge in [0.2, 0.25) is 0 Å². The minimum atomic E-state index is -1.12. The van der Waals surface area contributed by atoms with Crippen molar-refractivity contribution in [2.24, 2.45) is 0 Å². The van der Waals surface area contributed by atoms with E-state index in [0.29, 0.717) is 11.5 Å². The maximum absolute atomic E-state index is 11.9. The number of carboxylic acids is 1. The Hall–Kier alpha value is -2.37. The standard InChI is InChI=1S/C13H12N2O4/c1-7-2-5-10(19-7)11-9(12(16)17)6-15(8-3-4-8)13(18)14-11/h2,5-6,8H,3-4H2,1H3,(H,16,17). The van der Waals surface area contributed by atoms with Crippen molar-refractivity contribution in [1.29, 1.82) is 0 Å². The van der Waals surface area contributed by atoms with Gasteiger partial charge in [-0.3, -0.25) is 4.57 Å². The molecule has 0 aromatic carbocycles. The first-order valence-electron chi connectivity index (χ1n) is 5.99. The molecule has 98 valence electrons. The van der Waals surface area contributed by atoms with Gasteiger partial charge in [-0.1, -0.05) is 0 Å². The summed E-state index contributed by atoms with van der Waals surface area (Å²) in [6.07, 6.45) is 3.14. The molecule has 1 fully saturated rings. The molecule has 2 aromatic heterocycles. The van der Waals surface area contributed by atoms with Crippen molar-refractivity contribution in [3.63, 3.8) is 0 Å². The molecule has 1 N–H and O–H groups in total. The molecular formula is C13H12N2O4. The maximum atomic E-state index is 11.9. The van der Waals surface area contributed by atoms with Crippen molar-refractivity contribution in [3.05, 3.63) is 40.1 Å². The molecule has 6 nitrogen and oxygen atoms in total. The molecule has 19 heavy (non-hydrogen) atoms. The van der Waals surface area contributed by atoms with Crippen molar-refractivity contribution in [2.75, 3.05) is 0 Å². The molecule has 2 heterocycles. The summed E-state index contributed by atoms with van der Waals surface area (Å²) in [5.74, 6) is -0.180. The van der Waals surface area contributed by atoms with Gasteiger partial charge in [0.05, 0.1) is 0 Å². The van der Waals surface area contributed by atoms with E-state index in [4.69, 9.17) is 4.42 Å². The quantitative estimate of drug-likeness (QED) is 0.910. The Bertz CT molecular complexity index is 710. The zero-order valence-electron chi connectivity index (χ0n) is 10.3. The third-order valence-corrected chi connectivity index (χ3v) is 3.10. The van der Waals surface area contributed by atoms with Crippen molar-refractivity contribution in [2.45, 2.75) is 25.8 Å². The predicted octanol–water partition coefficient (Wildman–Crippen LogP) is 1.84. The van der Waals surface area contributed by atoms with Crippen LogP contribution >= 0.6 is 0 Å². The number of furan rings is 1. The van der Waals surface area contributed by atoms with Crippen LogP contribution in [0.1, 0.15) is 35.0 Å². The molecule has 3 rings (SSSR count). The monoisotopic (exact) mass is 260 g/mol. The van der Waals surface area contributed by atoms with E-state index in [1.165, 1.54) is 10.8 Å². The van der Waals surface area contributed by atoms with Gasteiger partial charge in [-0.2, -0.15) is 4.98 Å². The molecule has 0 amide bonds. The highest BCUT2D eigenvalue weighted by Crippen LogP contribution is 2.34. The van der Waals surface area contributed by atoms with Gasteiger partial charge in [-0.25, -0.2) is 9.59 Å². The van der Waals surface area contributed by atoms with Gasteiger partial charge in [-0.15, -0.1) is 0 Å². The summed E-state index contributed by atoms with van der Waals surface area (Å²) in [4.78, 5) is 27.1. The predicted molar refractivity (Wildman–Crippen MR) is 66.2 cm³/mol. The molecule has 0 aliphatic heterocycles. The second-order valence-electron chi connectivity index (χ2n) is 4.64. The highest BCUT2D eigenvalue weighted by Gasteiger charge is 2.27. The third-order valence-electron chi connectivity index (χ3n) is 3.10. The van der Waals surface area contributed by atoms with Crippen molar-refractivity contribution in [3.8, 4) is 11.5 Å². The molecule has 1 aliphatic carbocycles. The van der Waals surface area contributed by atoms with Crippen LogP contribution in [0.15, 0.2) is 27.5 Å². The van der Waals surface area contributed by atoms with Gasteiger partial charge in [0, 0.05) is 12.2 Å². The van der Waals surface area contributed by atoms with Gasteiger partial charge in [0.25, 0.3) is 0 Å². The Morgan fingerprint density at radius 3 is 2.74 bits per heavy atom. The van der Waals surface area contributed by atoms with E-state index in [0.717, 1.165) is 12.8 Å². The Morgan fingerprint density at radius 1 is 1.47 bits per heavy atom. The summed E-state index contributed by atoms with van der Waals surface area (Å²) >= 11 is 0. The van der Waals surface area contributed by atoms with E-state index < -0.39 is 11.7 Å². The van der Waals surface area contributed by atoms with Gasteiger partial charge in [-0.05, 0) is 31.9 Å². The van der Waals surface area contributed by atoms with Crippen LogP contribution in [0.3, 0.4) is 0 Å². The molecule has 6 heteroatoms. The summed E-state index contributed by atoms with van der Waals surface area (Å²) in [5, 5.41) is 9.25. The van der Waals surface area contributed by atoms with Gasteiger partial charge in [0.1, 0.15) is 17.0 Å². The van der Waals surface area contributed by atoms with Crippen LogP contribution in [-0.4, -0.2) is 20.6 Å². The average molecular weight is 260 g/mol. The molecule has 2 aromatic rings. The zero-order valence-corrected chi connectivity index (χ0v) is 10.3. The molecule has 1 saturated carbocycles. The topological polar surface area (TPSA) is 85.3 Å². The fourth-order valence-corrected chi connectivity index (χ4v) is 1.99. The van der Waals surface area contributed by atoms with Crippen LogP contribution in [0.25, 0.3) is 11.5 Å². The Labute approximate surface area is 108 Å². The van der Waals surface area contributed by atoms with Crippen LogP contribution in [0.2, 0.25) is 0 Å². The van der Waals surface area contributed by atoms with E-state index in [9.17, 15) is 14.7 Å². The molecule has 0 saturated heterocycles. The molecule has 0 spiro atoms. The van der Waals surface area contributed by atoms with E-state index in [1.54, 1.807) is 19.1 Å². The number of carboxylic acid groups (broad SMARTS) is 1. The van der Waals surface area contributed by atoms with E-state index in [1.807, 2.05) is 0 Å². The summed E-state index contributed by atoms with van der Waals surface area (Å²) < 4.78 is 6.75. The minimum Gasteiger partial charge on any atom is -0.478 e. The molecule has 0 unspecified atom stereocenters. The van der Waals surface area contributed by atoms with Crippen LogP contribution in [0.4, 0.5) is 0 Å². The highest BCUT2D eigenvalue weighted by molar-refractivity contribution is 5.93. The van der Waals surface area contributed by atoms with E-state index in [-0.39, 0.29) is 17.3 Å². The molecule has 1 aliphatic rings. The molecule has 0 atom stereocenters. The highest BCUT2D eigenvalue weighted by atomic mass is 16.4. The molecular weight excluding hydrogens is 248 g/mol. The number of rotatable bonds is 3. The van der Waals surface area contributed by atoms with Crippen molar-refractivity contribution in [1.82, 2.24) is 9.55 Å². The summed E-state index contributed by atoms with van der Waals surface area (Å²) in [5.41, 5.74) is -0.361. The second-order valence-corrected chi connectivity index (χ2v) is 4.64. The third kappa shape index (κ3) is 2.05. The number of aryl methyl sites for hydroxylation is 1. The Balaban J connectivity index is 2.20. The first kappa shape index (κ1) is 11.7. The summed E-state index contributed by atoms with van der Waals surface area (Å²) in [7, 11) is 0. The lowest BCUT2D eigenvalue weighted by Gasteiger charge is -2.07. The maximum Gasteiger partial charge on any atom is 0.348 e.